The summed E-state index contributed by atoms with van der Waals surface area (Å²) in [6, 6.07) is 16.3. The van der Waals surface area contributed by atoms with Crippen LogP contribution in [0.15, 0.2) is 83.6 Å². The van der Waals surface area contributed by atoms with Gasteiger partial charge in [0.05, 0.1) is 25.0 Å². The van der Waals surface area contributed by atoms with E-state index in [1.54, 1.807) is 29.6 Å². The van der Waals surface area contributed by atoms with Crippen molar-refractivity contribution in [3.05, 3.63) is 65.2 Å². The molecule has 5 rings (SSSR count). The van der Waals surface area contributed by atoms with Crippen molar-refractivity contribution in [1.29, 1.82) is 0 Å². The summed E-state index contributed by atoms with van der Waals surface area (Å²) in [6.07, 6.45) is 1.44. The second-order valence-corrected chi connectivity index (χ2v) is 8.49. The lowest BCUT2D eigenvalue weighted by Gasteiger charge is -2.32. The highest BCUT2D eigenvalue weighted by Crippen LogP contribution is 2.53. The van der Waals surface area contributed by atoms with Crippen LogP contribution in [0.5, 0.6) is 0 Å². The number of anilines is 1. The smallest absolute Gasteiger partial charge is 0.343 e. The van der Waals surface area contributed by atoms with Crippen molar-refractivity contribution in [3.8, 4) is 11.1 Å². The summed E-state index contributed by atoms with van der Waals surface area (Å²) in [5.74, 6) is 0. The fourth-order valence-electron chi connectivity index (χ4n) is 3.46. The summed E-state index contributed by atoms with van der Waals surface area (Å²) < 4.78 is 10.7. The minimum Gasteiger partial charge on any atom is -0.431 e. The highest BCUT2D eigenvalue weighted by Gasteiger charge is 2.26. The van der Waals surface area contributed by atoms with E-state index >= 15 is 0 Å². The molecule has 2 aliphatic rings. The van der Waals surface area contributed by atoms with Crippen LogP contribution in [0.3, 0.4) is 0 Å². The number of hydrogen-bond acceptors (Lipinski definition) is 6. The standard InChI is InChI=1S/C21H17NO3S2/c23-21-14(4-3-11-25-21)19-15(22-9-12-24-13-10-22)7-8-18-20(19)27-17-6-2-1-5-16(17)26-18/h1-8,11H,9-10,12-13H2. The van der Waals surface area contributed by atoms with Crippen molar-refractivity contribution in [2.24, 2.45) is 0 Å². The average Bonchev–Trinajstić information content (AvgIpc) is 2.73. The van der Waals surface area contributed by atoms with Crippen LogP contribution in [0.25, 0.3) is 11.1 Å². The Balaban J connectivity index is 1.72. The van der Waals surface area contributed by atoms with Crippen molar-refractivity contribution >= 4 is 29.2 Å². The molecule has 0 saturated carbocycles. The number of fused-ring (bicyclic) bond motifs is 2. The molecule has 1 saturated heterocycles. The number of ether oxygens (including phenoxy) is 1. The lowest BCUT2D eigenvalue weighted by molar-refractivity contribution is 0.122. The average molecular weight is 396 g/mol. The van der Waals surface area contributed by atoms with Gasteiger partial charge in [0.25, 0.3) is 0 Å². The second-order valence-electron chi connectivity index (χ2n) is 6.35. The highest BCUT2D eigenvalue weighted by molar-refractivity contribution is 8.05. The Morgan fingerprint density at radius 1 is 0.852 bits per heavy atom. The van der Waals surface area contributed by atoms with Crippen LogP contribution in [-0.2, 0) is 4.74 Å². The van der Waals surface area contributed by atoms with E-state index in [1.165, 1.54) is 20.9 Å². The molecule has 4 nitrogen and oxygen atoms in total. The molecule has 2 aliphatic heterocycles. The fourth-order valence-corrected chi connectivity index (χ4v) is 5.87. The first-order valence-electron chi connectivity index (χ1n) is 8.84. The molecule has 6 heteroatoms. The second kappa shape index (κ2) is 7.11. The summed E-state index contributed by atoms with van der Waals surface area (Å²) in [5.41, 5.74) is 2.35. The molecular weight excluding hydrogens is 378 g/mol. The molecule has 1 fully saturated rings. The zero-order valence-corrected chi connectivity index (χ0v) is 16.1. The third-order valence-electron chi connectivity index (χ3n) is 4.74. The molecule has 0 aliphatic carbocycles. The van der Waals surface area contributed by atoms with Gasteiger partial charge in [0, 0.05) is 43.9 Å². The van der Waals surface area contributed by atoms with Gasteiger partial charge in [-0.25, -0.2) is 4.79 Å². The van der Waals surface area contributed by atoms with Crippen LogP contribution in [0.2, 0.25) is 0 Å². The van der Waals surface area contributed by atoms with Crippen molar-refractivity contribution in [1.82, 2.24) is 0 Å². The van der Waals surface area contributed by atoms with Crippen molar-refractivity contribution in [2.75, 3.05) is 31.2 Å². The number of benzene rings is 2. The molecule has 1 aromatic heterocycles. The lowest BCUT2D eigenvalue weighted by Crippen LogP contribution is -2.36. The Hall–Kier alpha value is -2.15. The predicted molar refractivity (Wildman–Crippen MR) is 108 cm³/mol. The Morgan fingerprint density at radius 2 is 1.63 bits per heavy atom. The summed E-state index contributed by atoms with van der Waals surface area (Å²) in [7, 11) is 0. The molecule has 3 heterocycles. The van der Waals surface area contributed by atoms with Crippen LogP contribution in [0, 0.1) is 0 Å². The van der Waals surface area contributed by atoms with Gasteiger partial charge in [-0.3, -0.25) is 0 Å². The topological polar surface area (TPSA) is 42.7 Å². The molecule has 0 unspecified atom stereocenters. The van der Waals surface area contributed by atoms with Crippen LogP contribution < -0.4 is 10.5 Å². The molecule has 0 radical (unpaired) electrons. The number of rotatable bonds is 2. The maximum Gasteiger partial charge on any atom is 0.343 e. The Bertz CT molecular complexity index is 1060. The third kappa shape index (κ3) is 3.08. The maximum atomic E-state index is 12.6. The predicted octanol–water partition coefficient (Wildman–Crippen LogP) is 4.76. The molecule has 0 amide bonds. The van der Waals surface area contributed by atoms with Gasteiger partial charge in [-0.05, 0) is 36.4 Å². The Morgan fingerprint density at radius 3 is 2.41 bits per heavy atom. The van der Waals surface area contributed by atoms with Gasteiger partial charge in [0.1, 0.15) is 0 Å². The molecule has 3 aromatic rings. The van der Waals surface area contributed by atoms with Gasteiger partial charge >= 0.3 is 5.63 Å². The van der Waals surface area contributed by atoms with Gasteiger partial charge in [0.15, 0.2) is 0 Å². The Labute approximate surface area is 165 Å². The van der Waals surface area contributed by atoms with Gasteiger partial charge in [0.2, 0.25) is 0 Å². The van der Waals surface area contributed by atoms with Crippen LogP contribution in [0.4, 0.5) is 5.69 Å². The zero-order chi connectivity index (χ0) is 18.2. The highest BCUT2D eigenvalue weighted by atomic mass is 32.2. The van der Waals surface area contributed by atoms with Crippen molar-refractivity contribution in [2.45, 2.75) is 19.6 Å². The Kier molecular flexibility index (Phi) is 4.47. The summed E-state index contributed by atoms with van der Waals surface area (Å²) in [5, 5.41) is 0. The number of nitrogens with zero attached hydrogens (tertiary/aromatic N) is 1. The van der Waals surface area contributed by atoms with Crippen LogP contribution in [-0.4, -0.2) is 26.3 Å². The van der Waals surface area contributed by atoms with E-state index in [4.69, 9.17) is 9.15 Å². The minimum atomic E-state index is -0.301. The largest absolute Gasteiger partial charge is 0.431 e. The van der Waals surface area contributed by atoms with Crippen molar-refractivity contribution < 1.29 is 9.15 Å². The molecule has 0 N–H and O–H groups in total. The van der Waals surface area contributed by atoms with Crippen LogP contribution >= 0.6 is 23.5 Å². The summed E-state index contributed by atoms with van der Waals surface area (Å²) in [4.78, 5) is 19.6. The first-order valence-corrected chi connectivity index (χ1v) is 10.5. The van der Waals surface area contributed by atoms with Gasteiger partial charge in [-0.15, -0.1) is 0 Å². The van der Waals surface area contributed by atoms with E-state index in [9.17, 15) is 4.79 Å². The van der Waals surface area contributed by atoms with Gasteiger partial charge in [-0.2, -0.15) is 0 Å². The number of morpholine rings is 1. The molecule has 2 aromatic carbocycles. The van der Waals surface area contributed by atoms with Gasteiger partial charge < -0.3 is 14.1 Å². The molecule has 0 spiro atoms. The molecule has 0 bridgehead atoms. The molecule has 0 atom stereocenters. The molecule has 27 heavy (non-hydrogen) atoms. The minimum absolute atomic E-state index is 0.301. The zero-order valence-electron chi connectivity index (χ0n) is 14.5. The van der Waals surface area contributed by atoms with E-state index in [0.29, 0.717) is 18.8 Å². The van der Waals surface area contributed by atoms with E-state index in [-0.39, 0.29) is 5.63 Å². The normalized spacial score (nSPS) is 15.9. The third-order valence-corrected chi connectivity index (χ3v) is 7.34. The molecule has 136 valence electrons. The lowest BCUT2D eigenvalue weighted by atomic mass is 10.0. The van der Waals surface area contributed by atoms with E-state index in [2.05, 4.69) is 41.3 Å². The maximum absolute atomic E-state index is 12.6. The fraction of sp³-hybridized carbons (Fsp3) is 0.190. The van der Waals surface area contributed by atoms with E-state index in [0.717, 1.165) is 29.2 Å². The SMILES string of the molecule is O=c1occcc1-c1c(N2CCOCC2)ccc2c1Sc1ccccc1S2. The summed E-state index contributed by atoms with van der Waals surface area (Å²) in [6.45, 7) is 3.03. The van der Waals surface area contributed by atoms with Gasteiger partial charge in [-0.1, -0.05) is 35.7 Å². The first kappa shape index (κ1) is 17.0. The van der Waals surface area contributed by atoms with Crippen molar-refractivity contribution in [3.63, 3.8) is 0 Å². The summed E-state index contributed by atoms with van der Waals surface area (Å²) >= 11 is 3.49. The molecular formula is C21H17NO3S2. The number of hydrogen-bond donors (Lipinski definition) is 0. The quantitative estimate of drug-likeness (QED) is 0.488. The monoisotopic (exact) mass is 395 g/mol. The van der Waals surface area contributed by atoms with E-state index < -0.39 is 0 Å². The van der Waals surface area contributed by atoms with Crippen LogP contribution in [0.1, 0.15) is 0 Å². The first-order chi connectivity index (χ1) is 13.3. The van der Waals surface area contributed by atoms with E-state index in [1.807, 2.05) is 6.07 Å².